The van der Waals surface area contributed by atoms with Gasteiger partial charge in [0.15, 0.2) is 9.84 Å². The Morgan fingerprint density at radius 3 is 2.62 bits per heavy atom. The second kappa shape index (κ2) is 7.51. The summed E-state index contributed by atoms with van der Waals surface area (Å²) in [5.41, 5.74) is 0. The van der Waals surface area contributed by atoms with E-state index in [4.69, 9.17) is 0 Å². The molecule has 1 fully saturated rings. The highest BCUT2D eigenvalue weighted by molar-refractivity contribution is 7.92. The van der Waals surface area contributed by atoms with Crippen molar-refractivity contribution in [3.63, 3.8) is 0 Å². The van der Waals surface area contributed by atoms with E-state index in [9.17, 15) is 21.6 Å². The van der Waals surface area contributed by atoms with Crippen molar-refractivity contribution in [2.75, 3.05) is 24.6 Å². The number of thiophene rings is 1. The summed E-state index contributed by atoms with van der Waals surface area (Å²) in [5, 5.41) is 0. The Labute approximate surface area is 147 Å². The topological polar surface area (TPSA) is 101 Å². The van der Waals surface area contributed by atoms with Crippen LogP contribution in [0, 0.1) is 0 Å². The van der Waals surface area contributed by atoms with Crippen LogP contribution in [0.3, 0.4) is 0 Å². The fraction of sp³-hybridized carbons (Fsp3) is 0.643. The third-order valence-corrected chi connectivity index (χ3v) is 8.88. The maximum atomic E-state index is 12.2. The van der Waals surface area contributed by atoms with Gasteiger partial charge in [0.25, 0.3) is 0 Å². The van der Waals surface area contributed by atoms with Crippen LogP contribution >= 0.6 is 11.3 Å². The van der Waals surface area contributed by atoms with Crippen LogP contribution < -0.4 is 4.72 Å². The average Bonchev–Trinajstić information content (AvgIpc) is 3.10. The van der Waals surface area contributed by atoms with E-state index in [1.54, 1.807) is 12.1 Å². The molecule has 0 bridgehead atoms. The van der Waals surface area contributed by atoms with Crippen molar-refractivity contribution in [2.45, 2.75) is 36.9 Å². The Balaban J connectivity index is 1.96. The molecule has 24 heavy (non-hydrogen) atoms. The van der Waals surface area contributed by atoms with Crippen LogP contribution in [-0.2, 0) is 31.1 Å². The van der Waals surface area contributed by atoms with E-state index in [0.29, 0.717) is 6.42 Å². The number of hydrogen-bond donors (Lipinski definition) is 1. The fourth-order valence-corrected chi connectivity index (χ4v) is 6.77. The molecule has 136 valence electrons. The van der Waals surface area contributed by atoms with Crippen molar-refractivity contribution in [1.82, 2.24) is 9.62 Å². The smallest absolute Gasteiger partial charge is 0.250 e. The van der Waals surface area contributed by atoms with Crippen molar-refractivity contribution in [3.8, 4) is 0 Å². The predicted molar refractivity (Wildman–Crippen MR) is 93.3 cm³/mol. The molecule has 1 aromatic rings. The first-order chi connectivity index (χ1) is 11.1. The highest BCUT2D eigenvalue weighted by Gasteiger charge is 2.33. The minimum atomic E-state index is -3.60. The summed E-state index contributed by atoms with van der Waals surface area (Å²) >= 11 is 1.22. The second-order valence-corrected chi connectivity index (χ2v) is 11.1. The Morgan fingerprint density at radius 2 is 2.12 bits per heavy atom. The molecular formula is C14H22N2O5S3. The van der Waals surface area contributed by atoms with Crippen molar-refractivity contribution >= 4 is 37.1 Å². The summed E-state index contributed by atoms with van der Waals surface area (Å²) in [7, 11) is -6.71. The minimum Gasteiger partial charge on any atom is -0.338 e. The highest BCUT2D eigenvalue weighted by atomic mass is 32.2. The van der Waals surface area contributed by atoms with E-state index in [2.05, 4.69) is 4.72 Å². The van der Waals surface area contributed by atoms with E-state index < -0.39 is 19.9 Å². The lowest BCUT2D eigenvalue weighted by atomic mass is 10.2. The molecule has 1 N–H and O–H groups in total. The number of nitrogens with one attached hydrogen (secondary N) is 1. The van der Waals surface area contributed by atoms with Gasteiger partial charge in [-0.1, -0.05) is 6.92 Å². The number of sulfonamides is 1. The first kappa shape index (κ1) is 19.4. The maximum absolute atomic E-state index is 12.2. The van der Waals surface area contributed by atoms with Gasteiger partial charge in [-0.25, -0.2) is 21.6 Å². The van der Waals surface area contributed by atoms with Crippen LogP contribution in [0.25, 0.3) is 0 Å². The molecule has 2 rings (SSSR count). The van der Waals surface area contributed by atoms with Gasteiger partial charge in [-0.2, -0.15) is 0 Å². The lowest BCUT2D eigenvalue weighted by Gasteiger charge is -2.27. The summed E-state index contributed by atoms with van der Waals surface area (Å²) in [6.07, 6.45) is 1.17. The summed E-state index contributed by atoms with van der Waals surface area (Å²) in [4.78, 5) is 14.2. The zero-order chi connectivity index (χ0) is 18.0. The van der Waals surface area contributed by atoms with Crippen LogP contribution in [0.15, 0.2) is 16.3 Å². The van der Waals surface area contributed by atoms with Crippen LogP contribution in [0.2, 0.25) is 0 Å². The second-order valence-electron chi connectivity index (χ2n) is 5.74. The van der Waals surface area contributed by atoms with Gasteiger partial charge in [0.05, 0.1) is 11.5 Å². The Morgan fingerprint density at radius 1 is 1.42 bits per heavy atom. The van der Waals surface area contributed by atoms with Crippen LogP contribution in [0.1, 0.15) is 25.1 Å². The quantitative estimate of drug-likeness (QED) is 0.731. The lowest BCUT2D eigenvalue weighted by molar-refractivity contribution is -0.130. The number of sulfone groups is 1. The van der Waals surface area contributed by atoms with Crippen molar-refractivity contribution in [3.05, 3.63) is 17.0 Å². The number of amides is 1. The van der Waals surface area contributed by atoms with Gasteiger partial charge in [0, 0.05) is 30.9 Å². The van der Waals surface area contributed by atoms with Gasteiger partial charge in [-0.3, -0.25) is 4.79 Å². The molecule has 0 radical (unpaired) electrons. The monoisotopic (exact) mass is 394 g/mol. The summed E-state index contributed by atoms with van der Waals surface area (Å²) in [5.74, 6) is -0.229. The third kappa shape index (κ3) is 4.78. The number of rotatable bonds is 7. The fourth-order valence-electron chi connectivity index (χ4n) is 2.68. The van der Waals surface area contributed by atoms with Gasteiger partial charge in [-0.05, 0) is 25.0 Å². The normalized spacial score (nSPS) is 20.2. The molecule has 2 heterocycles. The number of hydrogen-bond acceptors (Lipinski definition) is 6. The van der Waals surface area contributed by atoms with Crippen molar-refractivity contribution in [2.24, 2.45) is 0 Å². The minimum absolute atomic E-state index is 0.0515. The molecule has 1 saturated heterocycles. The molecule has 0 aromatic carbocycles. The van der Waals surface area contributed by atoms with Crippen LogP contribution in [0.5, 0.6) is 0 Å². The average molecular weight is 395 g/mol. The predicted octanol–water partition coefficient (Wildman–Crippen LogP) is 0.624. The van der Waals surface area contributed by atoms with E-state index >= 15 is 0 Å². The first-order valence-electron chi connectivity index (χ1n) is 7.70. The van der Waals surface area contributed by atoms with E-state index in [1.165, 1.54) is 23.2 Å². The SMILES string of the molecule is CCc1ccc(S(=O)(=O)NCCN(C(C)=O)C2CCS(=O)(=O)C2)s1. The highest BCUT2D eigenvalue weighted by Crippen LogP contribution is 2.22. The van der Waals surface area contributed by atoms with Crippen molar-refractivity contribution in [1.29, 1.82) is 0 Å². The van der Waals surface area contributed by atoms with Gasteiger partial charge in [-0.15, -0.1) is 11.3 Å². The maximum Gasteiger partial charge on any atom is 0.250 e. The molecule has 1 atom stereocenters. The molecular weight excluding hydrogens is 372 g/mol. The molecule has 1 unspecified atom stereocenters. The number of carbonyl (C=O) groups excluding carboxylic acids is 1. The van der Waals surface area contributed by atoms with Gasteiger partial charge in [0.2, 0.25) is 15.9 Å². The molecule has 0 spiro atoms. The molecule has 1 aliphatic heterocycles. The molecule has 10 heteroatoms. The lowest BCUT2D eigenvalue weighted by Crippen LogP contribution is -2.44. The Hall–Kier alpha value is -0.970. The summed E-state index contributed by atoms with van der Waals surface area (Å²) in [6.45, 7) is 3.53. The van der Waals surface area contributed by atoms with Gasteiger partial charge >= 0.3 is 0 Å². The van der Waals surface area contributed by atoms with Gasteiger partial charge in [0.1, 0.15) is 4.21 Å². The zero-order valence-electron chi connectivity index (χ0n) is 13.7. The number of aryl methyl sites for hydroxylation is 1. The van der Waals surface area contributed by atoms with E-state index in [-0.39, 0.29) is 40.8 Å². The standard InChI is InChI=1S/C14H22N2O5S3/c1-3-13-4-5-14(22-13)24(20,21)15-7-8-16(11(2)17)12-6-9-23(18,19)10-12/h4-5,12,15H,3,6-10H2,1-2H3. The molecule has 0 saturated carbocycles. The Kier molecular flexibility index (Phi) is 6.05. The number of nitrogens with zero attached hydrogens (tertiary/aromatic N) is 1. The molecule has 1 aliphatic rings. The third-order valence-electron chi connectivity index (χ3n) is 3.95. The summed E-state index contributed by atoms with van der Waals surface area (Å²) < 4.78 is 50.3. The largest absolute Gasteiger partial charge is 0.338 e. The van der Waals surface area contributed by atoms with Crippen molar-refractivity contribution < 1.29 is 21.6 Å². The zero-order valence-corrected chi connectivity index (χ0v) is 16.1. The van der Waals surface area contributed by atoms with E-state index in [0.717, 1.165) is 11.3 Å². The van der Waals surface area contributed by atoms with Crippen LogP contribution in [-0.4, -0.2) is 58.3 Å². The van der Waals surface area contributed by atoms with E-state index in [1.807, 2.05) is 6.92 Å². The van der Waals surface area contributed by atoms with Crippen LogP contribution in [0.4, 0.5) is 0 Å². The molecule has 0 aliphatic carbocycles. The molecule has 1 aromatic heterocycles. The Bertz CT molecular complexity index is 798. The molecule has 1 amide bonds. The first-order valence-corrected chi connectivity index (χ1v) is 11.8. The molecule has 7 nitrogen and oxygen atoms in total. The number of carbonyl (C=O) groups is 1. The summed E-state index contributed by atoms with van der Waals surface area (Å²) in [6, 6.07) is 2.98. The van der Waals surface area contributed by atoms with Gasteiger partial charge < -0.3 is 4.90 Å².